The van der Waals surface area contributed by atoms with Crippen LogP contribution >= 0.6 is 11.3 Å². The molecule has 1 saturated heterocycles. The Labute approximate surface area is 309 Å². The molecule has 0 spiro atoms. The lowest BCUT2D eigenvalue weighted by Gasteiger charge is -2.38. The van der Waals surface area contributed by atoms with Crippen molar-refractivity contribution < 1.29 is 13.2 Å². The van der Waals surface area contributed by atoms with Gasteiger partial charge in [0.1, 0.15) is 16.9 Å². The molecule has 0 bridgehead atoms. The van der Waals surface area contributed by atoms with Crippen LogP contribution in [0.15, 0.2) is 65.9 Å². The summed E-state index contributed by atoms with van der Waals surface area (Å²) < 4.78 is 43.3. The first kappa shape index (κ1) is 33.7. The Kier molecular flexibility index (Phi) is 8.15. The minimum absolute atomic E-state index is 0.132. The van der Waals surface area contributed by atoms with Gasteiger partial charge >= 0.3 is 6.18 Å². The van der Waals surface area contributed by atoms with Crippen LogP contribution in [-0.2, 0) is 6.42 Å². The number of halogens is 3. The average Bonchev–Trinajstić information content (AvgIpc) is 3.85. The molecule has 53 heavy (non-hydrogen) atoms. The Morgan fingerprint density at radius 2 is 1.60 bits per heavy atom. The van der Waals surface area contributed by atoms with E-state index in [2.05, 4.69) is 79.8 Å². The highest BCUT2D eigenvalue weighted by Crippen LogP contribution is 2.41. The van der Waals surface area contributed by atoms with Gasteiger partial charge in [0.15, 0.2) is 5.82 Å². The molecule has 0 aliphatic carbocycles. The van der Waals surface area contributed by atoms with Crippen LogP contribution in [0.3, 0.4) is 0 Å². The number of aromatic nitrogens is 6. The summed E-state index contributed by atoms with van der Waals surface area (Å²) in [5.41, 5.74) is 9.97. The largest absolute Gasteiger partial charge is 0.401 e. The van der Waals surface area contributed by atoms with E-state index in [0.29, 0.717) is 18.7 Å². The van der Waals surface area contributed by atoms with Crippen molar-refractivity contribution in [3.63, 3.8) is 0 Å². The first-order valence-electron chi connectivity index (χ1n) is 18.0. The van der Waals surface area contributed by atoms with Crippen LogP contribution in [0.5, 0.6) is 0 Å². The first-order valence-corrected chi connectivity index (χ1v) is 18.8. The van der Waals surface area contributed by atoms with Crippen molar-refractivity contribution >= 4 is 39.3 Å². The number of alkyl halides is 3. The monoisotopic (exact) mass is 736 g/mol. The van der Waals surface area contributed by atoms with Crippen molar-refractivity contribution in [1.29, 1.82) is 0 Å². The van der Waals surface area contributed by atoms with Gasteiger partial charge in [0.05, 0.1) is 47.6 Å². The normalized spacial score (nSPS) is 19.2. The zero-order valence-electron chi connectivity index (χ0n) is 29.9. The Hall–Kier alpha value is -5.08. The number of H-pyrrole nitrogens is 1. The summed E-state index contributed by atoms with van der Waals surface area (Å²) in [7, 11) is 0. The molecular weight excluding hydrogens is 698 g/mol. The minimum Gasteiger partial charge on any atom is -0.368 e. The number of aromatic amines is 1. The van der Waals surface area contributed by atoms with Crippen LogP contribution in [0.2, 0.25) is 0 Å². The fourth-order valence-corrected chi connectivity index (χ4v) is 9.45. The molecule has 2 aromatic carbocycles. The average molecular weight is 737 g/mol. The summed E-state index contributed by atoms with van der Waals surface area (Å²) in [4.78, 5) is 17.4. The van der Waals surface area contributed by atoms with E-state index in [1.165, 1.54) is 15.3 Å². The van der Waals surface area contributed by atoms with E-state index < -0.39 is 18.8 Å². The number of rotatable bonds is 5. The molecule has 0 radical (unpaired) electrons. The summed E-state index contributed by atoms with van der Waals surface area (Å²) in [6.07, 6.45) is -0.211. The van der Waals surface area contributed by atoms with Crippen LogP contribution in [0.4, 0.5) is 24.5 Å². The number of piperazine rings is 1. The summed E-state index contributed by atoms with van der Waals surface area (Å²) in [5.74, 6) is 1.73. The van der Waals surface area contributed by atoms with Crippen molar-refractivity contribution in [3.05, 3.63) is 111 Å². The van der Waals surface area contributed by atoms with E-state index in [-0.39, 0.29) is 6.04 Å². The highest BCUT2D eigenvalue weighted by atomic mass is 32.1. The van der Waals surface area contributed by atoms with Gasteiger partial charge in [0.2, 0.25) is 0 Å². The summed E-state index contributed by atoms with van der Waals surface area (Å²) in [6.45, 7) is 11.0. The Balaban J connectivity index is 0.915. The maximum Gasteiger partial charge on any atom is 0.401 e. The molecule has 3 aliphatic heterocycles. The highest BCUT2D eigenvalue weighted by molar-refractivity contribution is 7.15. The van der Waals surface area contributed by atoms with Crippen LogP contribution in [0.1, 0.15) is 69.0 Å². The van der Waals surface area contributed by atoms with Gasteiger partial charge in [-0.3, -0.25) is 24.5 Å². The molecule has 7 heterocycles. The van der Waals surface area contributed by atoms with Crippen molar-refractivity contribution in [1.82, 2.24) is 34.8 Å². The van der Waals surface area contributed by atoms with Gasteiger partial charge in [0, 0.05) is 59.8 Å². The van der Waals surface area contributed by atoms with Crippen molar-refractivity contribution in [2.45, 2.75) is 52.4 Å². The number of thiophene rings is 1. The third kappa shape index (κ3) is 5.88. The molecule has 14 heteroatoms. The van der Waals surface area contributed by atoms with E-state index in [1.807, 2.05) is 37.4 Å². The van der Waals surface area contributed by atoms with Gasteiger partial charge in [-0.25, -0.2) is 0 Å². The van der Waals surface area contributed by atoms with Crippen molar-refractivity contribution in [2.75, 3.05) is 49.1 Å². The number of hydrogen-bond donors (Lipinski definition) is 1. The summed E-state index contributed by atoms with van der Waals surface area (Å²) in [6, 6.07) is 15.7. The maximum atomic E-state index is 13.7. The lowest BCUT2D eigenvalue weighted by Crippen LogP contribution is -2.46. The van der Waals surface area contributed by atoms with Gasteiger partial charge in [-0.05, 0) is 81.1 Å². The molecule has 6 aromatic rings. The van der Waals surface area contributed by atoms with Crippen LogP contribution in [0.25, 0.3) is 15.9 Å². The number of aliphatic imine (C=N–C) groups is 1. The third-order valence-corrected chi connectivity index (χ3v) is 12.2. The van der Waals surface area contributed by atoms with Crippen LogP contribution in [0, 0.1) is 20.8 Å². The fraction of sp³-hybridized carbons (Fsp3) is 0.359. The van der Waals surface area contributed by atoms with Crippen LogP contribution < -0.4 is 9.80 Å². The Morgan fingerprint density at radius 1 is 0.868 bits per heavy atom. The molecule has 9 rings (SSSR count). The summed E-state index contributed by atoms with van der Waals surface area (Å²) in [5, 5.41) is 18.1. The van der Waals surface area contributed by atoms with E-state index in [0.717, 1.165) is 93.1 Å². The zero-order valence-corrected chi connectivity index (χ0v) is 30.8. The van der Waals surface area contributed by atoms with Gasteiger partial charge < -0.3 is 9.80 Å². The molecule has 4 aromatic heterocycles. The van der Waals surface area contributed by atoms with Gasteiger partial charge in [0.25, 0.3) is 0 Å². The molecule has 1 N–H and O–H groups in total. The molecule has 0 saturated carbocycles. The number of nitrogens with one attached hydrogen (secondary N) is 1. The number of aryl methyl sites for hydroxylation is 2. The number of nitrogens with zero attached hydrogens (tertiary/aromatic N) is 9. The summed E-state index contributed by atoms with van der Waals surface area (Å²) >= 11 is 1.76. The molecule has 3 aliphatic rings. The van der Waals surface area contributed by atoms with Gasteiger partial charge in [-0.2, -0.15) is 18.3 Å². The first-order chi connectivity index (χ1) is 25.5. The lowest BCUT2D eigenvalue weighted by atomic mass is 9.88. The topological polar surface area (TPSA) is 94.4 Å². The third-order valence-electron chi connectivity index (χ3n) is 11.0. The predicted molar refractivity (Wildman–Crippen MR) is 202 cm³/mol. The van der Waals surface area contributed by atoms with Crippen LogP contribution in [-0.4, -0.2) is 86.0 Å². The predicted octanol–water partition coefficient (Wildman–Crippen LogP) is 7.27. The Morgan fingerprint density at radius 3 is 2.32 bits per heavy atom. The van der Waals surface area contributed by atoms with Gasteiger partial charge in [-0.15, -0.1) is 21.5 Å². The minimum atomic E-state index is -4.31. The van der Waals surface area contributed by atoms with E-state index in [1.54, 1.807) is 17.5 Å². The smallest absolute Gasteiger partial charge is 0.368 e. The molecule has 0 unspecified atom stereocenters. The molecule has 10 nitrogen and oxygen atoms in total. The molecular formula is C39H39F3N10S. The Bertz CT molecular complexity index is 2350. The maximum absolute atomic E-state index is 13.7. The number of hydrogen-bond acceptors (Lipinski definition) is 9. The second-order valence-corrected chi connectivity index (χ2v) is 15.4. The number of fused-ring (bicyclic) bond motifs is 6. The lowest BCUT2D eigenvalue weighted by molar-refractivity contribution is -0.150. The van der Waals surface area contributed by atoms with Crippen molar-refractivity contribution in [2.24, 2.45) is 4.99 Å². The molecule has 272 valence electrons. The molecule has 2 atom stereocenters. The zero-order chi connectivity index (χ0) is 36.6. The van der Waals surface area contributed by atoms with Gasteiger partial charge in [-0.1, -0.05) is 18.2 Å². The van der Waals surface area contributed by atoms with Crippen molar-refractivity contribution in [3.8, 4) is 5.00 Å². The number of benzene rings is 2. The standard InChI is InChI=1S/C39H39F3N10S/c1-22-24(3)53-38-34(22)35(45-23(2)37-48-46-25(4)52(37)38)26-5-7-27(8-6-26)49-15-17-50(18-16-49)28-9-11-33(43-19-28)36-30-10-12-32-31(20-44-47-32)29(30)13-14-51(36)21-39(40,41)42/h5-12,19-20,23,36H,13-18,21H2,1-4H3,(H,44,47)/t23-,36-/m0/s1. The second-order valence-electron chi connectivity index (χ2n) is 14.2. The number of anilines is 2. The second kappa shape index (κ2) is 12.8. The van der Waals surface area contributed by atoms with E-state index in [4.69, 9.17) is 9.98 Å². The highest BCUT2D eigenvalue weighted by Gasteiger charge is 2.39. The molecule has 1 fully saturated rings. The number of pyridine rings is 1. The SMILES string of the molecule is Cc1sc2c(c1C)C(c1ccc(N3CCN(c4ccc([C@@H]5c6ccc7[nH]ncc7c6CCN5CC(F)(F)F)nc4)CC3)cc1)=N[C@@H](C)c1nnc(C)n1-2. The van der Waals surface area contributed by atoms with E-state index >= 15 is 0 Å². The van der Waals surface area contributed by atoms with E-state index in [9.17, 15) is 13.2 Å². The molecule has 0 amide bonds. The quantitative estimate of drug-likeness (QED) is 0.199. The fourth-order valence-electron chi connectivity index (χ4n) is 8.24.